The highest BCUT2D eigenvalue weighted by Gasteiger charge is 2.62. The van der Waals surface area contributed by atoms with Crippen LogP contribution < -0.4 is 5.32 Å². The number of urea groups is 1. The fraction of sp³-hybridized carbons (Fsp3) is 0.438. The number of anilines is 1. The number of halogens is 4. The Hall–Kier alpha value is -1.87. The predicted molar refractivity (Wildman–Crippen MR) is 81.0 cm³/mol. The summed E-state index contributed by atoms with van der Waals surface area (Å²) in [7, 11) is 1.11. The van der Waals surface area contributed by atoms with E-state index in [0.29, 0.717) is 10.5 Å². The van der Waals surface area contributed by atoms with Crippen LogP contribution in [-0.4, -0.2) is 24.2 Å². The van der Waals surface area contributed by atoms with Crippen LogP contribution in [0.5, 0.6) is 0 Å². The van der Waals surface area contributed by atoms with Crippen molar-refractivity contribution in [3.63, 3.8) is 0 Å². The molecule has 1 atom stereocenters. The van der Waals surface area contributed by atoms with E-state index in [-0.39, 0.29) is 23.0 Å². The minimum absolute atomic E-state index is 0.0156. The molecule has 0 spiro atoms. The number of carbonyl (C=O) groups is 1. The Morgan fingerprint density at radius 1 is 1.43 bits per heavy atom. The molecule has 1 fully saturated rings. The highest BCUT2D eigenvalue weighted by Crippen LogP contribution is 2.48. The van der Waals surface area contributed by atoms with Gasteiger partial charge in [0.15, 0.2) is 0 Å². The number of benzene rings is 1. The summed E-state index contributed by atoms with van der Waals surface area (Å²) in [5.74, 6) is 5.17. The molecule has 1 N–H and O–H groups in total. The van der Waals surface area contributed by atoms with Gasteiger partial charge in [0.2, 0.25) is 5.54 Å². The highest BCUT2D eigenvalue weighted by atomic mass is 35.5. The van der Waals surface area contributed by atoms with Crippen LogP contribution in [0.2, 0.25) is 0 Å². The van der Waals surface area contributed by atoms with E-state index in [0.717, 1.165) is 19.9 Å². The number of hydrogen-bond donors (Lipinski definition) is 1. The van der Waals surface area contributed by atoms with Crippen LogP contribution in [0.1, 0.15) is 24.0 Å². The lowest BCUT2D eigenvalue weighted by atomic mass is 9.84. The first-order valence-electron chi connectivity index (χ1n) is 7.13. The third-order valence-corrected chi connectivity index (χ3v) is 4.43. The lowest BCUT2D eigenvalue weighted by Crippen LogP contribution is -2.59. The summed E-state index contributed by atoms with van der Waals surface area (Å²) in [6.07, 6.45) is -3.12. The third-order valence-electron chi connectivity index (χ3n) is 4.12. The predicted octanol–water partition coefficient (Wildman–Crippen LogP) is 4.07. The van der Waals surface area contributed by atoms with Crippen molar-refractivity contribution in [3.05, 3.63) is 29.3 Å². The Bertz CT molecular complexity index is 718. The van der Waals surface area contributed by atoms with Crippen molar-refractivity contribution in [2.24, 2.45) is 5.92 Å². The van der Waals surface area contributed by atoms with E-state index < -0.39 is 17.7 Å². The topological polar surface area (TPSA) is 32.3 Å². The molecule has 2 amide bonds. The fourth-order valence-corrected chi connectivity index (χ4v) is 2.79. The smallest absolute Gasteiger partial charge is 0.307 e. The van der Waals surface area contributed by atoms with Crippen molar-refractivity contribution in [1.82, 2.24) is 4.90 Å². The summed E-state index contributed by atoms with van der Waals surface area (Å²) in [4.78, 5) is 12.7. The van der Waals surface area contributed by atoms with E-state index in [9.17, 15) is 18.0 Å². The van der Waals surface area contributed by atoms with Gasteiger partial charge in [0.05, 0.1) is 0 Å². The van der Waals surface area contributed by atoms with Gasteiger partial charge in [-0.25, -0.2) is 4.79 Å². The average molecular weight is 343 g/mol. The van der Waals surface area contributed by atoms with E-state index in [2.05, 4.69) is 17.2 Å². The molecule has 0 bridgehead atoms. The molecule has 3 nitrogen and oxygen atoms in total. The van der Waals surface area contributed by atoms with Gasteiger partial charge in [-0.05, 0) is 24.5 Å². The summed E-state index contributed by atoms with van der Waals surface area (Å²) < 4.78 is 42.0. The number of nitrogens with one attached hydrogen (secondary N) is 1. The van der Waals surface area contributed by atoms with Crippen LogP contribution in [0.4, 0.5) is 23.7 Å². The number of amides is 2. The van der Waals surface area contributed by atoms with E-state index in [1.807, 2.05) is 0 Å². The molecule has 1 unspecified atom stereocenters. The van der Waals surface area contributed by atoms with Crippen LogP contribution >= 0.6 is 11.6 Å². The summed E-state index contributed by atoms with van der Waals surface area (Å²) in [6, 6.07) is 3.49. The van der Waals surface area contributed by atoms with Gasteiger partial charge in [0, 0.05) is 30.1 Å². The molecule has 1 heterocycles. The zero-order valence-corrected chi connectivity index (χ0v) is 13.1. The lowest BCUT2D eigenvalue weighted by Gasteiger charge is -2.43. The normalized spacial score (nSPS) is 23.7. The van der Waals surface area contributed by atoms with Crippen molar-refractivity contribution in [2.75, 3.05) is 12.4 Å². The van der Waals surface area contributed by atoms with E-state index in [1.54, 1.807) is 0 Å². The first-order chi connectivity index (χ1) is 10.8. The molecule has 0 aromatic heterocycles. The van der Waals surface area contributed by atoms with Crippen LogP contribution in [0, 0.1) is 17.8 Å². The van der Waals surface area contributed by atoms with Gasteiger partial charge in [0.1, 0.15) is 0 Å². The zero-order chi connectivity index (χ0) is 16.8. The standard InChI is InChI=1S/C16H14ClF3N2O/c1-22-14(23)21-13-8-11(9-17)4-5-12(13)15(22,16(18,19)20)7-6-10-2-3-10/h4-5,8,10H,2-3,9H2,1H3,(H,21,23). The quantitative estimate of drug-likeness (QED) is 0.605. The molecule has 7 heteroatoms. The largest absolute Gasteiger partial charge is 0.427 e. The van der Waals surface area contributed by atoms with E-state index in [1.165, 1.54) is 18.2 Å². The molecular formula is C16H14ClF3N2O. The van der Waals surface area contributed by atoms with Crippen molar-refractivity contribution < 1.29 is 18.0 Å². The van der Waals surface area contributed by atoms with Gasteiger partial charge < -0.3 is 5.32 Å². The molecule has 1 aliphatic carbocycles. The van der Waals surface area contributed by atoms with Crippen LogP contribution in [0.15, 0.2) is 18.2 Å². The van der Waals surface area contributed by atoms with Crippen molar-refractivity contribution in [2.45, 2.75) is 30.4 Å². The number of hydrogen-bond acceptors (Lipinski definition) is 1. The molecule has 1 aromatic rings. The summed E-state index contributed by atoms with van der Waals surface area (Å²) >= 11 is 5.73. The summed E-state index contributed by atoms with van der Waals surface area (Å²) in [6.45, 7) is 0. The van der Waals surface area contributed by atoms with Gasteiger partial charge in [0.25, 0.3) is 0 Å². The number of rotatable bonds is 1. The van der Waals surface area contributed by atoms with Crippen molar-refractivity contribution in [3.8, 4) is 11.8 Å². The monoisotopic (exact) mass is 342 g/mol. The summed E-state index contributed by atoms with van der Waals surface area (Å²) in [5.41, 5.74) is -1.98. The van der Waals surface area contributed by atoms with Crippen molar-refractivity contribution >= 4 is 23.3 Å². The average Bonchev–Trinajstić information content (AvgIpc) is 3.30. The molecule has 1 saturated carbocycles. The zero-order valence-electron chi connectivity index (χ0n) is 12.3. The first-order valence-corrected chi connectivity index (χ1v) is 7.66. The Morgan fingerprint density at radius 2 is 2.13 bits per heavy atom. The molecule has 3 rings (SSSR count). The molecule has 122 valence electrons. The Kier molecular flexibility index (Phi) is 3.72. The molecule has 2 aliphatic rings. The number of alkyl halides is 4. The first kappa shape index (κ1) is 16.0. The summed E-state index contributed by atoms with van der Waals surface area (Å²) in [5, 5.41) is 2.48. The molecule has 0 radical (unpaired) electrons. The Balaban J connectivity index is 2.25. The van der Waals surface area contributed by atoms with Crippen LogP contribution in [0.3, 0.4) is 0 Å². The second-order valence-corrected chi connectivity index (χ2v) is 6.02. The number of fused-ring (bicyclic) bond motifs is 1. The second kappa shape index (κ2) is 5.34. The van der Waals surface area contributed by atoms with Gasteiger partial charge in [-0.1, -0.05) is 24.0 Å². The molecular weight excluding hydrogens is 329 g/mol. The van der Waals surface area contributed by atoms with Crippen LogP contribution in [-0.2, 0) is 11.4 Å². The van der Waals surface area contributed by atoms with Crippen LogP contribution in [0.25, 0.3) is 0 Å². The molecule has 1 aromatic carbocycles. The van der Waals surface area contributed by atoms with Gasteiger partial charge >= 0.3 is 12.2 Å². The second-order valence-electron chi connectivity index (χ2n) is 5.75. The van der Waals surface area contributed by atoms with Gasteiger partial charge in [-0.3, -0.25) is 4.90 Å². The maximum Gasteiger partial charge on any atom is 0.427 e. The van der Waals surface area contributed by atoms with E-state index >= 15 is 0 Å². The molecule has 0 saturated heterocycles. The minimum Gasteiger partial charge on any atom is -0.307 e. The molecule has 23 heavy (non-hydrogen) atoms. The minimum atomic E-state index is -4.72. The lowest BCUT2D eigenvalue weighted by molar-refractivity contribution is -0.203. The number of carbonyl (C=O) groups excluding carboxylic acids is 1. The Morgan fingerprint density at radius 3 is 2.70 bits per heavy atom. The number of nitrogens with zero attached hydrogens (tertiary/aromatic N) is 1. The van der Waals surface area contributed by atoms with Gasteiger partial charge in [-0.15, -0.1) is 11.6 Å². The SMILES string of the molecule is CN1C(=O)Nc2cc(CCl)ccc2C1(C#CC1CC1)C(F)(F)F. The highest BCUT2D eigenvalue weighted by molar-refractivity contribution is 6.17. The third kappa shape index (κ3) is 2.53. The maximum absolute atomic E-state index is 14.0. The van der Waals surface area contributed by atoms with Crippen molar-refractivity contribution in [1.29, 1.82) is 0 Å². The fourth-order valence-electron chi connectivity index (χ4n) is 2.62. The van der Waals surface area contributed by atoms with Gasteiger partial charge in [-0.2, -0.15) is 13.2 Å². The maximum atomic E-state index is 14.0. The molecule has 1 aliphatic heterocycles. The Labute approximate surface area is 136 Å². The van der Waals surface area contributed by atoms with E-state index in [4.69, 9.17) is 11.6 Å².